The SMILES string of the molecule is Cc1oc(=O)oc1CC(N)C(=O)O. The maximum atomic E-state index is 10.5. The van der Waals surface area contributed by atoms with E-state index in [1.165, 1.54) is 6.92 Å². The van der Waals surface area contributed by atoms with Gasteiger partial charge in [0.25, 0.3) is 0 Å². The van der Waals surface area contributed by atoms with E-state index in [-0.39, 0.29) is 17.9 Å². The van der Waals surface area contributed by atoms with E-state index in [9.17, 15) is 9.59 Å². The molecule has 0 aliphatic carbocycles. The zero-order chi connectivity index (χ0) is 10.0. The summed E-state index contributed by atoms with van der Waals surface area (Å²) in [6.45, 7) is 1.51. The van der Waals surface area contributed by atoms with Gasteiger partial charge in [-0.3, -0.25) is 4.79 Å². The Morgan fingerprint density at radius 1 is 1.62 bits per heavy atom. The summed E-state index contributed by atoms with van der Waals surface area (Å²) in [7, 11) is 0. The average Bonchev–Trinajstić information content (AvgIpc) is 2.30. The minimum atomic E-state index is -1.15. The van der Waals surface area contributed by atoms with Crippen molar-refractivity contribution in [2.45, 2.75) is 19.4 Å². The Morgan fingerprint density at radius 3 is 2.62 bits per heavy atom. The van der Waals surface area contributed by atoms with Crippen molar-refractivity contribution in [1.82, 2.24) is 0 Å². The van der Waals surface area contributed by atoms with Gasteiger partial charge in [0, 0.05) is 6.42 Å². The number of carboxylic acid groups (broad SMARTS) is 1. The summed E-state index contributed by atoms with van der Waals surface area (Å²) in [5.41, 5.74) is 5.22. The van der Waals surface area contributed by atoms with Crippen LogP contribution >= 0.6 is 0 Å². The molecule has 0 saturated heterocycles. The quantitative estimate of drug-likeness (QED) is 0.660. The molecule has 1 heterocycles. The smallest absolute Gasteiger partial charge is 0.480 e. The van der Waals surface area contributed by atoms with E-state index < -0.39 is 17.8 Å². The molecule has 0 aliphatic rings. The van der Waals surface area contributed by atoms with Crippen molar-refractivity contribution in [3.63, 3.8) is 0 Å². The van der Waals surface area contributed by atoms with Crippen LogP contribution in [0.3, 0.4) is 0 Å². The van der Waals surface area contributed by atoms with Crippen LogP contribution in [-0.2, 0) is 11.2 Å². The summed E-state index contributed by atoms with van der Waals surface area (Å²) in [6.07, 6.45) is -0.0487. The number of carbonyl (C=O) groups is 1. The summed E-state index contributed by atoms with van der Waals surface area (Å²) < 4.78 is 9.09. The van der Waals surface area contributed by atoms with Crippen LogP contribution in [-0.4, -0.2) is 17.1 Å². The number of aryl methyl sites for hydroxylation is 1. The Kier molecular flexibility index (Phi) is 2.52. The molecule has 0 spiro atoms. The van der Waals surface area contributed by atoms with Gasteiger partial charge in [0.05, 0.1) is 0 Å². The number of hydrogen-bond acceptors (Lipinski definition) is 5. The predicted molar refractivity (Wildman–Crippen MR) is 41.3 cm³/mol. The predicted octanol–water partition coefficient (Wildman–Crippen LogP) is -0.504. The number of carboxylic acids is 1. The van der Waals surface area contributed by atoms with Gasteiger partial charge in [-0.05, 0) is 6.92 Å². The van der Waals surface area contributed by atoms with Crippen LogP contribution in [0, 0.1) is 6.92 Å². The van der Waals surface area contributed by atoms with E-state index in [0.29, 0.717) is 0 Å². The molecule has 0 radical (unpaired) electrons. The van der Waals surface area contributed by atoms with Crippen molar-refractivity contribution in [2.24, 2.45) is 5.73 Å². The lowest BCUT2D eigenvalue weighted by Gasteiger charge is -2.01. The normalized spacial score (nSPS) is 12.8. The van der Waals surface area contributed by atoms with E-state index in [0.717, 1.165) is 0 Å². The van der Waals surface area contributed by atoms with Gasteiger partial charge in [0.1, 0.15) is 11.8 Å². The maximum absolute atomic E-state index is 10.5. The van der Waals surface area contributed by atoms with Gasteiger partial charge in [-0.1, -0.05) is 0 Å². The average molecular weight is 187 g/mol. The Morgan fingerprint density at radius 2 is 2.23 bits per heavy atom. The summed E-state index contributed by atoms with van der Waals surface area (Å²) in [6, 6.07) is -1.08. The minimum Gasteiger partial charge on any atom is -0.480 e. The fourth-order valence-corrected chi connectivity index (χ4v) is 0.848. The highest BCUT2D eigenvalue weighted by molar-refractivity contribution is 5.73. The first kappa shape index (κ1) is 9.53. The first-order chi connectivity index (χ1) is 6.00. The number of aliphatic carboxylic acids is 1. The van der Waals surface area contributed by atoms with Gasteiger partial charge in [-0.2, -0.15) is 0 Å². The molecule has 6 nitrogen and oxygen atoms in total. The molecule has 1 aromatic heterocycles. The minimum absolute atomic E-state index is 0.0487. The molecule has 0 aromatic carbocycles. The van der Waals surface area contributed by atoms with Gasteiger partial charge in [-0.25, -0.2) is 4.79 Å². The van der Waals surface area contributed by atoms with Crippen LogP contribution in [0.5, 0.6) is 0 Å². The van der Waals surface area contributed by atoms with Gasteiger partial charge in [0.2, 0.25) is 0 Å². The highest BCUT2D eigenvalue weighted by Crippen LogP contribution is 2.06. The zero-order valence-corrected chi connectivity index (χ0v) is 6.94. The van der Waals surface area contributed by atoms with Crippen LogP contribution in [0.4, 0.5) is 0 Å². The third-order valence-electron chi connectivity index (χ3n) is 1.56. The molecule has 1 rings (SSSR count). The molecular weight excluding hydrogens is 178 g/mol. The largest absolute Gasteiger partial charge is 0.519 e. The first-order valence-corrected chi connectivity index (χ1v) is 3.58. The second-order valence-electron chi connectivity index (χ2n) is 2.58. The summed E-state index contributed by atoms with van der Waals surface area (Å²) in [4.78, 5) is 20.9. The summed E-state index contributed by atoms with van der Waals surface area (Å²) in [5, 5.41) is 8.47. The van der Waals surface area contributed by atoms with Crippen molar-refractivity contribution >= 4 is 5.97 Å². The Labute approximate surface area is 72.9 Å². The molecular formula is C7H9NO5. The van der Waals surface area contributed by atoms with E-state index >= 15 is 0 Å². The van der Waals surface area contributed by atoms with Crippen molar-refractivity contribution in [1.29, 1.82) is 0 Å². The van der Waals surface area contributed by atoms with Crippen LogP contribution in [0.15, 0.2) is 13.6 Å². The second-order valence-corrected chi connectivity index (χ2v) is 2.58. The number of nitrogens with two attached hydrogens (primary N) is 1. The molecule has 13 heavy (non-hydrogen) atoms. The third kappa shape index (κ3) is 2.19. The molecule has 0 fully saturated rings. The molecule has 0 saturated carbocycles. The summed E-state index contributed by atoms with van der Waals surface area (Å²) >= 11 is 0. The van der Waals surface area contributed by atoms with E-state index in [2.05, 4.69) is 8.83 Å². The van der Waals surface area contributed by atoms with Crippen molar-refractivity contribution < 1.29 is 18.7 Å². The van der Waals surface area contributed by atoms with Crippen LogP contribution in [0.2, 0.25) is 0 Å². The van der Waals surface area contributed by atoms with Gasteiger partial charge in [-0.15, -0.1) is 0 Å². The number of rotatable bonds is 3. The molecule has 72 valence electrons. The monoisotopic (exact) mass is 187 g/mol. The number of hydrogen-bond donors (Lipinski definition) is 2. The molecule has 1 atom stereocenters. The fraction of sp³-hybridized carbons (Fsp3) is 0.429. The topological polar surface area (TPSA) is 107 Å². The lowest BCUT2D eigenvalue weighted by atomic mass is 10.2. The highest BCUT2D eigenvalue weighted by Gasteiger charge is 2.17. The Bertz CT molecular complexity index is 363. The van der Waals surface area contributed by atoms with Crippen molar-refractivity contribution in [3.8, 4) is 0 Å². The van der Waals surface area contributed by atoms with E-state index in [4.69, 9.17) is 10.8 Å². The second kappa shape index (κ2) is 3.44. The highest BCUT2D eigenvalue weighted by atomic mass is 16.6. The molecule has 0 amide bonds. The molecule has 0 aliphatic heterocycles. The van der Waals surface area contributed by atoms with E-state index in [1.807, 2.05) is 0 Å². The fourth-order valence-electron chi connectivity index (χ4n) is 0.848. The molecule has 1 aromatic rings. The Hall–Kier alpha value is -1.56. The zero-order valence-electron chi connectivity index (χ0n) is 6.94. The molecule has 0 bridgehead atoms. The molecule has 1 unspecified atom stereocenters. The summed E-state index contributed by atoms with van der Waals surface area (Å²) in [5.74, 6) is -1.55. The van der Waals surface area contributed by atoms with Crippen LogP contribution in [0.25, 0.3) is 0 Å². The van der Waals surface area contributed by atoms with Crippen molar-refractivity contribution in [3.05, 3.63) is 22.1 Å². The van der Waals surface area contributed by atoms with Gasteiger partial charge < -0.3 is 19.7 Å². The third-order valence-corrected chi connectivity index (χ3v) is 1.56. The van der Waals surface area contributed by atoms with Gasteiger partial charge >= 0.3 is 11.8 Å². The maximum Gasteiger partial charge on any atom is 0.519 e. The molecule has 6 heteroatoms. The van der Waals surface area contributed by atoms with Crippen LogP contribution < -0.4 is 11.6 Å². The standard InChI is InChI=1S/C7H9NO5/c1-3-5(13-7(11)12-3)2-4(8)6(9)10/h4H,2,8H2,1H3,(H,9,10). The van der Waals surface area contributed by atoms with Crippen LogP contribution in [0.1, 0.15) is 11.5 Å². The lowest BCUT2D eigenvalue weighted by Crippen LogP contribution is -2.32. The molecule has 3 N–H and O–H groups in total. The van der Waals surface area contributed by atoms with Gasteiger partial charge in [0.15, 0.2) is 5.76 Å². The Balaban J connectivity index is 2.80. The first-order valence-electron chi connectivity index (χ1n) is 3.58. The van der Waals surface area contributed by atoms with Crippen molar-refractivity contribution in [2.75, 3.05) is 0 Å². The lowest BCUT2D eigenvalue weighted by molar-refractivity contribution is -0.138. The van der Waals surface area contributed by atoms with E-state index in [1.54, 1.807) is 0 Å².